The molecule has 2 aromatic carbocycles. The highest BCUT2D eigenvalue weighted by atomic mass is 16.5. The SMILES string of the molecule is CC1CCCCN1C(=O)c1ccc(COc2cccc3c2OC(C)(C)C3)cc1. The van der Waals surface area contributed by atoms with Crippen LogP contribution in [-0.4, -0.2) is 29.0 Å². The highest BCUT2D eigenvalue weighted by Crippen LogP contribution is 2.41. The molecule has 2 heterocycles. The molecule has 4 nitrogen and oxygen atoms in total. The molecule has 1 unspecified atom stereocenters. The number of amides is 1. The minimum Gasteiger partial charge on any atom is -0.485 e. The number of carbonyl (C=O) groups is 1. The first-order chi connectivity index (χ1) is 13.4. The van der Waals surface area contributed by atoms with Crippen LogP contribution in [0.2, 0.25) is 0 Å². The standard InChI is InChI=1S/C24H29NO3/c1-17-7-4-5-14-25(17)23(26)19-12-10-18(11-13-19)16-27-21-9-6-8-20-15-24(2,3)28-22(20)21/h6,8-13,17H,4-5,7,14-16H2,1-3H3. The third kappa shape index (κ3) is 3.87. The lowest BCUT2D eigenvalue weighted by Crippen LogP contribution is -2.42. The van der Waals surface area contributed by atoms with E-state index in [2.05, 4.69) is 26.8 Å². The molecule has 0 spiro atoms. The second-order valence-corrected chi connectivity index (χ2v) is 8.61. The lowest BCUT2D eigenvalue weighted by molar-refractivity contribution is 0.0635. The number of ether oxygens (including phenoxy) is 2. The average Bonchev–Trinajstić information content (AvgIpc) is 3.01. The van der Waals surface area contributed by atoms with Gasteiger partial charge in [0.1, 0.15) is 12.2 Å². The van der Waals surface area contributed by atoms with E-state index in [1.807, 2.05) is 41.3 Å². The van der Waals surface area contributed by atoms with Crippen molar-refractivity contribution in [3.63, 3.8) is 0 Å². The van der Waals surface area contributed by atoms with Crippen LogP contribution >= 0.6 is 0 Å². The summed E-state index contributed by atoms with van der Waals surface area (Å²) in [5, 5.41) is 0. The van der Waals surface area contributed by atoms with Crippen LogP contribution in [0.4, 0.5) is 0 Å². The summed E-state index contributed by atoms with van der Waals surface area (Å²) in [5.41, 5.74) is 2.80. The van der Waals surface area contributed by atoms with Crippen molar-refractivity contribution in [2.75, 3.05) is 6.54 Å². The molecule has 4 rings (SSSR count). The maximum absolute atomic E-state index is 12.8. The van der Waals surface area contributed by atoms with Gasteiger partial charge in [-0.3, -0.25) is 4.79 Å². The first kappa shape index (κ1) is 18.9. The number of hydrogen-bond donors (Lipinski definition) is 0. The molecule has 4 heteroatoms. The number of benzene rings is 2. The Morgan fingerprint density at radius 2 is 1.96 bits per heavy atom. The maximum atomic E-state index is 12.8. The van der Waals surface area contributed by atoms with Gasteiger partial charge in [-0.15, -0.1) is 0 Å². The number of nitrogens with zero attached hydrogens (tertiary/aromatic N) is 1. The third-order valence-electron chi connectivity index (χ3n) is 5.71. The second-order valence-electron chi connectivity index (χ2n) is 8.61. The largest absolute Gasteiger partial charge is 0.485 e. The molecular weight excluding hydrogens is 350 g/mol. The molecule has 1 atom stereocenters. The van der Waals surface area contributed by atoms with Crippen molar-refractivity contribution < 1.29 is 14.3 Å². The van der Waals surface area contributed by atoms with Crippen molar-refractivity contribution in [1.82, 2.24) is 4.90 Å². The predicted octanol–water partition coefficient (Wildman–Crippen LogP) is 4.99. The van der Waals surface area contributed by atoms with Crippen molar-refractivity contribution in [2.24, 2.45) is 0 Å². The summed E-state index contributed by atoms with van der Waals surface area (Å²) in [5.74, 6) is 1.78. The Balaban J connectivity index is 1.41. The van der Waals surface area contributed by atoms with E-state index in [1.165, 1.54) is 12.0 Å². The topological polar surface area (TPSA) is 38.8 Å². The first-order valence-electron chi connectivity index (χ1n) is 10.3. The van der Waals surface area contributed by atoms with Gasteiger partial charge in [-0.1, -0.05) is 24.3 Å². The normalized spacial score (nSPS) is 20.4. The summed E-state index contributed by atoms with van der Waals surface area (Å²) in [7, 11) is 0. The minimum atomic E-state index is -0.185. The fraction of sp³-hybridized carbons (Fsp3) is 0.458. The van der Waals surface area contributed by atoms with E-state index in [-0.39, 0.29) is 11.5 Å². The van der Waals surface area contributed by atoms with Crippen LogP contribution in [0.15, 0.2) is 42.5 Å². The fourth-order valence-corrected chi connectivity index (χ4v) is 4.17. The van der Waals surface area contributed by atoms with Crippen molar-refractivity contribution in [1.29, 1.82) is 0 Å². The molecule has 1 fully saturated rings. The molecule has 0 aliphatic carbocycles. The van der Waals surface area contributed by atoms with Crippen molar-refractivity contribution in [2.45, 2.75) is 64.7 Å². The Labute approximate surface area is 167 Å². The molecule has 1 saturated heterocycles. The lowest BCUT2D eigenvalue weighted by Gasteiger charge is -2.33. The highest BCUT2D eigenvalue weighted by Gasteiger charge is 2.32. The van der Waals surface area contributed by atoms with E-state index in [1.54, 1.807) is 0 Å². The summed E-state index contributed by atoms with van der Waals surface area (Å²) < 4.78 is 12.1. The number of rotatable bonds is 4. The number of carbonyl (C=O) groups excluding carboxylic acids is 1. The Kier molecular flexibility index (Phi) is 5.05. The monoisotopic (exact) mass is 379 g/mol. The molecule has 2 aliphatic heterocycles. The summed E-state index contributed by atoms with van der Waals surface area (Å²) in [4.78, 5) is 14.8. The van der Waals surface area contributed by atoms with E-state index in [0.717, 1.165) is 48.4 Å². The van der Waals surface area contributed by atoms with Crippen LogP contribution in [0.25, 0.3) is 0 Å². The summed E-state index contributed by atoms with van der Waals surface area (Å²) in [6, 6.07) is 14.2. The molecule has 28 heavy (non-hydrogen) atoms. The van der Waals surface area contributed by atoms with E-state index >= 15 is 0 Å². The summed E-state index contributed by atoms with van der Waals surface area (Å²) in [6.45, 7) is 7.64. The molecule has 0 aromatic heterocycles. The van der Waals surface area contributed by atoms with Crippen LogP contribution in [0.1, 0.15) is 61.5 Å². The smallest absolute Gasteiger partial charge is 0.254 e. The highest BCUT2D eigenvalue weighted by molar-refractivity contribution is 5.94. The van der Waals surface area contributed by atoms with Crippen LogP contribution in [0.3, 0.4) is 0 Å². The van der Waals surface area contributed by atoms with E-state index < -0.39 is 0 Å². The number of fused-ring (bicyclic) bond motifs is 1. The van der Waals surface area contributed by atoms with Crippen molar-refractivity contribution >= 4 is 5.91 Å². The lowest BCUT2D eigenvalue weighted by atomic mass is 10.0. The molecule has 0 bridgehead atoms. The van der Waals surface area contributed by atoms with Gasteiger partial charge in [0.15, 0.2) is 11.5 Å². The molecule has 0 radical (unpaired) electrons. The van der Waals surface area contributed by atoms with Gasteiger partial charge in [-0.05, 0) is 63.8 Å². The van der Waals surface area contributed by atoms with Gasteiger partial charge < -0.3 is 14.4 Å². The van der Waals surface area contributed by atoms with Gasteiger partial charge in [0.2, 0.25) is 0 Å². The maximum Gasteiger partial charge on any atom is 0.254 e. The second kappa shape index (κ2) is 7.50. The van der Waals surface area contributed by atoms with Gasteiger partial charge in [0.05, 0.1) is 0 Å². The van der Waals surface area contributed by atoms with E-state index in [0.29, 0.717) is 12.6 Å². The molecule has 1 amide bonds. The van der Waals surface area contributed by atoms with Gasteiger partial charge >= 0.3 is 0 Å². The third-order valence-corrected chi connectivity index (χ3v) is 5.71. The Bertz CT molecular complexity index is 857. The van der Waals surface area contributed by atoms with Crippen LogP contribution in [0.5, 0.6) is 11.5 Å². The van der Waals surface area contributed by atoms with Gasteiger partial charge in [0, 0.05) is 30.1 Å². The number of hydrogen-bond acceptors (Lipinski definition) is 3. The zero-order valence-corrected chi connectivity index (χ0v) is 17.0. The quantitative estimate of drug-likeness (QED) is 0.751. The predicted molar refractivity (Wildman–Crippen MR) is 110 cm³/mol. The molecule has 2 aromatic rings. The number of para-hydroxylation sites is 1. The van der Waals surface area contributed by atoms with Crippen molar-refractivity contribution in [3.8, 4) is 11.5 Å². The fourth-order valence-electron chi connectivity index (χ4n) is 4.17. The van der Waals surface area contributed by atoms with E-state index in [4.69, 9.17) is 9.47 Å². The molecular formula is C24H29NO3. The van der Waals surface area contributed by atoms with Gasteiger partial charge in [-0.2, -0.15) is 0 Å². The van der Waals surface area contributed by atoms with Crippen molar-refractivity contribution in [3.05, 3.63) is 59.2 Å². The number of likely N-dealkylation sites (tertiary alicyclic amines) is 1. The van der Waals surface area contributed by atoms with Gasteiger partial charge in [0.25, 0.3) is 5.91 Å². The average molecular weight is 380 g/mol. The van der Waals surface area contributed by atoms with Crippen LogP contribution < -0.4 is 9.47 Å². The Morgan fingerprint density at radius 3 is 2.71 bits per heavy atom. The summed E-state index contributed by atoms with van der Waals surface area (Å²) >= 11 is 0. The van der Waals surface area contributed by atoms with Gasteiger partial charge in [-0.25, -0.2) is 0 Å². The number of piperidine rings is 1. The zero-order chi connectivity index (χ0) is 19.7. The first-order valence-corrected chi connectivity index (χ1v) is 10.3. The van der Waals surface area contributed by atoms with Crippen LogP contribution in [0, 0.1) is 0 Å². The Hall–Kier alpha value is -2.49. The molecule has 0 N–H and O–H groups in total. The summed E-state index contributed by atoms with van der Waals surface area (Å²) in [6.07, 6.45) is 4.30. The van der Waals surface area contributed by atoms with E-state index in [9.17, 15) is 4.79 Å². The Morgan fingerprint density at radius 1 is 1.18 bits per heavy atom. The molecule has 0 saturated carbocycles. The minimum absolute atomic E-state index is 0.135. The molecule has 148 valence electrons. The van der Waals surface area contributed by atoms with Crippen LogP contribution in [-0.2, 0) is 13.0 Å². The molecule has 2 aliphatic rings. The zero-order valence-electron chi connectivity index (χ0n) is 17.0.